The monoisotopic (exact) mass is 262 g/mol. The number of aryl methyl sites for hydroxylation is 2. The van der Waals surface area contributed by atoms with Crippen molar-refractivity contribution in [3.63, 3.8) is 0 Å². The van der Waals surface area contributed by atoms with Crippen LogP contribution in [0.2, 0.25) is 0 Å². The normalized spacial score (nSPS) is 11.9. The molecule has 0 spiro atoms. The molecule has 0 aliphatic heterocycles. The number of halogens is 3. The Kier molecular flexibility index (Phi) is 3.33. The van der Waals surface area contributed by atoms with Gasteiger partial charge in [0.1, 0.15) is 11.3 Å². The molecule has 0 amide bonds. The van der Waals surface area contributed by atoms with Gasteiger partial charge in [0.15, 0.2) is 5.65 Å². The van der Waals surface area contributed by atoms with Gasteiger partial charge in [0, 0.05) is 6.54 Å². The van der Waals surface area contributed by atoms with Crippen LogP contribution < -0.4 is 0 Å². The van der Waals surface area contributed by atoms with E-state index in [1.54, 1.807) is 4.68 Å². The number of imidazole rings is 1. The first-order valence-corrected chi connectivity index (χ1v) is 5.88. The Morgan fingerprint density at radius 1 is 1.41 bits per heavy atom. The Hall–Kier alpha value is -1.17. The highest BCUT2D eigenvalue weighted by molar-refractivity contribution is 6.16. The van der Waals surface area contributed by atoms with Crippen LogP contribution >= 0.6 is 11.6 Å². The molecule has 0 aromatic carbocycles. The van der Waals surface area contributed by atoms with E-state index in [4.69, 9.17) is 11.6 Å². The van der Waals surface area contributed by atoms with Crippen molar-refractivity contribution in [3.8, 4) is 0 Å². The van der Waals surface area contributed by atoms with Crippen molar-refractivity contribution in [2.24, 2.45) is 0 Å². The summed E-state index contributed by atoms with van der Waals surface area (Å²) >= 11 is 5.73. The largest absolute Gasteiger partial charge is 0.306 e. The van der Waals surface area contributed by atoms with Gasteiger partial charge in [0.2, 0.25) is 0 Å². The fourth-order valence-corrected chi connectivity index (χ4v) is 2.13. The summed E-state index contributed by atoms with van der Waals surface area (Å²) in [6.45, 7) is 3.93. The van der Waals surface area contributed by atoms with Crippen LogP contribution in [0.5, 0.6) is 0 Å². The number of alkyl halides is 3. The molecule has 0 saturated carbocycles. The summed E-state index contributed by atoms with van der Waals surface area (Å²) in [7, 11) is 0. The fraction of sp³-hybridized carbons (Fsp3) is 0.600. The summed E-state index contributed by atoms with van der Waals surface area (Å²) in [5.41, 5.74) is 2.02. The van der Waals surface area contributed by atoms with Crippen LogP contribution in [0.1, 0.15) is 18.4 Å². The van der Waals surface area contributed by atoms with Gasteiger partial charge in [0.25, 0.3) is 6.43 Å². The molecular formula is C10H13ClF2N4. The van der Waals surface area contributed by atoms with Gasteiger partial charge in [-0.05, 0) is 13.8 Å². The summed E-state index contributed by atoms with van der Waals surface area (Å²) in [6.07, 6.45) is -2.44. The first kappa shape index (κ1) is 12.3. The van der Waals surface area contributed by atoms with Crippen molar-refractivity contribution >= 4 is 22.8 Å². The van der Waals surface area contributed by atoms with Gasteiger partial charge < -0.3 is 4.57 Å². The van der Waals surface area contributed by atoms with Crippen LogP contribution in [-0.2, 0) is 19.0 Å². The molecule has 94 valence electrons. The molecule has 0 N–H and O–H groups in total. The molecule has 0 saturated heterocycles. The minimum absolute atomic E-state index is 0.116. The third-order valence-corrected chi connectivity index (χ3v) is 2.86. The van der Waals surface area contributed by atoms with E-state index in [1.807, 2.05) is 13.8 Å². The molecule has 4 nitrogen and oxygen atoms in total. The molecule has 0 radical (unpaired) electrons. The van der Waals surface area contributed by atoms with E-state index in [1.165, 1.54) is 4.57 Å². The Morgan fingerprint density at radius 2 is 2.12 bits per heavy atom. The lowest BCUT2D eigenvalue weighted by atomic mass is 10.4. The van der Waals surface area contributed by atoms with E-state index in [2.05, 4.69) is 10.1 Å². The highest BCUT2D eigenvalue weighted by atomic mass is 35.5. The molecule has 2 aromatic rings. The first-order chi connectivity index (χ1) is 8.08. The Morgan fingerprint density at radius 3 is 2.65 bits per heavy atom. The fourth-order valence-electron chi connectivity index (χ4n) is 1.92. The predicted octanol–water partition coefficient (Wildman–Crippen LogP) is 2.57. The molecule has 0 aliphatic carbocycles. The highest BCUT2D eigenvalue weighted by Crippen LogP contribution is 2.21. The van der Waals surface area contributed by atoms with Crippen LogP contribution in [0.4, 0.5) is 8.78 Å². The molecule has 0 fully saturated rings. The standard InChI is InChI=1S/C10H13ClF2N4/c1-3-17-10-9(6(2)15-17)14-8(4-11)16(10)5-7(12)13/h7H,3-5H2,1-2H3. The average molecular weight is 263 g/mol. The second kappa shape index (κ2) is 4.60. The number of rotatable bonds is 4. The van der Waals surface area contributed by atoms with Gasteiger partial charge in [0.05, 0.1) is 18.1 Å². The first-order valence-electron chi connectivity index (χ1n) is 5.35. The summed E-state index contributed by atoms with van der Waals surface area (Å²) in [4.78, 5) is 4.27. The van der Waals surface area contributed by atoms with Crippen LogP contribution in [0, 0.1) is 6.92 Å². The van der Waals surface area contributed by atoms with Gasteiger partial charge in [-0.3, -0.25) is 0 Å². The number of hydrogen-bond acceptors (Lipinski definition) is 2. The van der Waals surface area contributed by atoms with Gasteiger partial charge >= 0.3 is 0 Å². The van der Waals surface area contributed by atoms with Crippen molar-refractivity contribution in [2.75, 3.05) is 0 Å². The Labute approximate surface area is 102 Å². The van der Waals surface area contributed by atoms with Crippen molar-refractivity contribution in [1.29, 1.82) is 0 Å². The van der Waals surface area contributed by atoms with E-state index in [0.717, 1.165) is 5.69 Å². The Balaban J connectivity index is 2.66. The maximum atomic E-state index is 12.6. The summed E-state index contributed by atoms with van der Waals surface area (Å²) in [6, 6.07) is 0. The van der Waals surface area contributed by atoms with Gasteiger partial charge in [-0.2, -0.15) is 5.10 Å². The molecule has 2 aromatic heterocycles. The third kappa shape index (κ3) is 2.01. The van der Waals surface area contributed by atoms with Crippen LogP contribution in [0.15, 0.2) is 0 Å². The van der Waals surface area contributed by atoms with E-state index in [-0.39, 0.29) is 5.88 Å². The molecule has 2 heterocycles. The van der Waals surface area contributed by atoms with Gasteiger partial charge in [-0.1, -0.05) is 0 Å². The van der Waals surface area contributed by atoms with E-state index in [9.17, 15) is 8.78 Å². The van der Waals surface area contributed by atoms with Gasteiger partial charge in [-0.15, -0.1) is 11.6 Å². The van der Waals surface area contributed by atoms with E-state index in [0.29, 0.717) is 23.5 Å². The number of nitrogens with zero attached hydrogens (tertiary/aromatic N) is 4. The molecule has 17 heavy (non-hydrogen) atoms. The lowest BCUT2D eigenvalue weighted by Gasteiger charge is -2.08. The molecule has 0 atom stereocenters. The SMILES string of the molecule is CCn1nc(C)c2nc(CCl)n(CC(F)F)c21. The molecule has 7 heteroatoms. The zero-order valence-electron chi connectivity index (χ0n) is 9.62. The van der Waals surface area contributed by atoms with Crippen LogP contribution in [0.25, 0.3) is 11.2 Å². The van der Waals surface area contributed by atoms with Gasteiger partial charge in [-0.25, -0.2) is 18.4 Å². The second-order valence-corrected chi connectivity index (χ2v) is 4.00. The lowest BCUT2D eigenvalue weighted by Crippen LogP contribution is -2.12. The minimum Gasteiger partial charge on any atom is -0.306 e. The maximum absolute atomic E-state index is 12.6. The highest BCUT2D eigenvalue weighted by Gasteiger charge is 2.19. The average Bonchev–Trinajstić information content (AvgIpc) is 2.77. The predicted molar refractivity (Wildman–Crippen MR) is 61.5 cm³/mol. The van der Waals surface area contributed by atoms with Crippen molar-refractivity contribution in [1.82, 2.24) is 19.3 Å². The second-order valence-electron chi connectivity index (χ2n) is 3.74. The Bertz CT molecular complexity index is 532. The lowest BCUT2D eigenvalue weighted by molar-refractivity contribution is 0.126. The van der Waals surface area contributed by atoms with Crippen molar-refractivity contribution < 1.29 is 8.78 Å². The summed E-state index contributed by atoms with van der Waals surface area (Å²) < 4.78 is 28.3. The maximum Gasteiger partial charge on any atom is 0.256 e. The number of hydrogen-bond donors (Lipinski definition) is 0. The number of aromatic nitrogens is 4. The van der Waals surface area contributed by atoms with Crippen LogP contribution in [-0.4, -0.2) is 25.8 Å². The third-order valence-electron chi connectivity index (χ3n) is 2.62. The molecule has 0 aliphatic rings. The van der Waals surface area contributed by atoms with Crippen molar-refractivity contribution in [2.45, 2.75) is 39.2 Å². The van der Waals surface area contributed by atoms with E-state index >= 15 is 0 Å². The topological polar surface area (TPSA) is 35.6 Å². The molecule has 0 bridgehead atoms. The zero-order valence-corrected chi connectivity index (χ0v) is 10.4. The zero-order chi connectivity index (χ0) is 12.6. The van der Waals surface area contributed by atoms with Crippen LogP contribution in [0.3, 0.4) is 0 Å². The van der Waals surface area contributed by atoms with E-state index < -0.39 is 13.0 Å². The quantitative estimate of drug-likeness (QED) is 0.794. The smallest absolute Gasteiger partial charge is 0.256 e. The molecular weight excluding hydrogens is 250 g/mol. The molecule has 0 unspecified atom stereocenters. The number of fused-ring (bicyclic) bond motifs is 1. The molecule has 2 rings (SSSR count). The summed E-state index contributed by atoms with van der Waals surface area (Å²) in [5.74, 6) is 0.578. The van der Waals surface area contributed by atoms with Crippen molar-refractivity contribution in [3.05, 3.63) is 11.5 Å². The summed E-state index contributed by atoms with van der Waals surface area (Å²) in [5, 5.41) is 4.26. The minimum atomic E-state index is -2.44.